The summed E-state index contributed by atoms with van der Waals surface area (Å²) in [6, 6.07) is 16.3. The van der Waals surface area contributed by atoms with Gasteiger partial charge in [0.05, 0.1) is 5.75 Å². The molecule has 3 N–H and O–H groups in total. The number of H-pyrrole nitrogens is 1. The first-order chi connectivity index (χ1) is 15.0. The highest BCUT2D eigenvalue weighted by molar-refractivity contribution is 7.99. The summed E-state index contributed by atoms with van der Waals surface area (Å²) in [6.45, 7) is 0. The van der Waals surface area contributed by atoms with Crippen molar-refractivity contribution >= 4 is 34.5 Å². The number of aromatic nitrogens is 4. The number of thioether (sulfide) groups is 1. The molecule has 0 spiro atoms. The number of nitrogens with zero attached hydrogens (tertiary/aromatic N) is 3. The fourth-order valence-corrected chi connectivity index (χ4v) is 4.09. The molecule has 0 aliphatic heterocycles. The number of hydrogen-bond acceptors (Lipinski definition) is 5. The summed E-state index contributed by atoms with van der Waals surface area (Å²) in [4.78, 5) is 27.3. The summed E-state index contributed by atoms with van der Waals surface area (Å²) in [5.74, 6) is -0.709. The maximum atomic E-state index is 12.5. The fraction of sp³-hybridized carbons (Fsp3) is 0.182. The van der Waals surface area contributed by atoms with Gasteiger partial charge in [0.2, 0.25) is 5.91 Å². The van der Waals surface area contributed by atoms with Gasteiger partial charge in [-0.05, 0) is 11.6 Å². The van der Waals surface area contributed by atoms with Crippen LogP contribution in [0.5, 0.6) is 0 Å². The summed E-state index contributed by atoms with van der Waals surface area (Å²) in [5, 5.41) is 22.1. The van der Waals surface area contributed by atoms with Crippen molar-refractivity contribution in [3.05, 3.63) is 66.4 Å². The molecule has 0 aliphatic rings. The zero-order chi connectivity index (χ0) is 21.8. The van der Waals surface area contributed by atoms with Crippen LogP contribution in [-0.4, -0.2) is 48.5 Å². The number of rotatable bonds is 8. The highest BCUT2D eigenvalue weighted by Crippen LogP contribution is 2.22. The highest BCUT2D eigenvalue weighted by Gasteiger charge is 2.22. The zero-order valence-corrected chi connectivity index (χ0v) is 17.6. The van der Waals surface area contributed by atoms with Crippen molar-refractivity contribution in [2.45, 2.75) is 17.6 Å². The second-order valence-corrected chi connectivity index (χ2v) is 7.98. The van der Waals surface area contributed by atoms with Gasteiger partial charge in [-0.15, -0.1) is 10.2 Å². The molecule has 2 heterocycles. The second-order valence-electron chi connectivity index (χ2n) is 7.04. The van der Waals surface area contributed by atoms with E-state index in [0.29, 0.717) is 11.0 Å². The fourth-order valence-electron chi connectivity index (χ4n) is 3.37. The zero-order valence-electron chi connectivity index (χ0n) is 16.8. The van der Waals surface area contributed by atoms with E-state index in [4.69, 9.17) is 0 Å². The Bertz CT molecular complexity index is 1220. The van der Waals surface area contributed by atoms with E-state index in [-0.39, 0.29) is 18.1 Å². The topological polar surface area (TPSA) is 113 Å². The molecule has 0 bridgehead atoms. The van der Waals surface area contributed by atoms with Gasteiger partial charge in [-0.25, -0.2) is 4.79 Å². The molecule has 0 saturated heterocycles. The molecular formula is C22H21N5O3S. The maximum absolute atomic E-state index is 12.5. The van der Waals surface area contributed by atoms with E-state index in [9.17, 15) is 14.7 Å². The van der Waals surface area contributed by atoms with Crippen LogP contribution >= 0.6 is 11.8 Å². The van der Waals surface area contributed by atoms with Crippen LogP contribution in [0.25, 0.3) is 22.3 Å². The Hall–Kier alpha value is -3.59. The van der Waals surface area contributed by atoms with Crippen molar-refractivity contribution < 1.29 is 14.7 Å². The minimum absolute atomic E-state index is 0.0401. The molecule has 2 aromatic carbocycles. The van der Waals surface area contributed by atoms with Crippen LogP contribution in [0.4, 0.5) is 0 Å². The predicted octanol–water partition coefficient (Wildman–Crippen LogP) is 2.87. The molecule has 0 fully saturated rings. The molecule has 31 heavy (non-hydrogen) atoms. The van der Waals surface area contributed by atoms with E-state index in [0.717, 1.165) is 22.0 Å². The van der Waals surface area contributed by atoms with Crippen molar-refractivity contribution in [1.29, 1.82) is 0 Å². The maximum Gasteiger partial charge on any atom is 0.326 e. The number of fused-ring (bicyclic) bond motifs is 1. The third-order valence-corrected chi connectivity index (χ3v) is 5.95. The number of carbonyl (C=O) groups excluding carboxylic acids is 1. The number of aromatic amines is 1. The number of benzene rings is 2. The van der Waals surface area contributed by atoms with Gasteiger partial charge in [-0.2, -0.15) is 0 Å². The number of carbonyl (C=O) groups is 2. The Morgan fingerprint density at radius 2 is 1.87 bits per heavy atom. The van der Waals surface area contributed by atoms with Gasteiger partial charge >= 0.3 is 5.97 Å². The van der Waals surface area contributed by atoms with Crippen LogP contribution < -0.4 is 5.32 Å². The van der Waals surface area contributed by atoms with Crippen molar-refractivity contribution in [3.63, 3.8) is 0 Å². The first kappa shape index (κ1) is 20.7. The number of carboxylic acid groups (broad SMARTS) is 1. The largest absolute Gasteiger partial charge is 0.480 e. The standard InChI is InChI=1S/C22H21N5O3S/c1-27-20(14-7-3-2-4-8-14)25-26-22(27)31-13-19(28)24-18(21(29)30)11-15-12-23-17-10-6-5-9-16(15)17/h2-10,12,18,23H,11,13H2,1H3,(H,24,28)(H,29,30)/t18-/m1/s1. The number of para-hydroxylation sites is 1. The summed E-state index contributed by atoms with van der Waals surface area (Å²) >= 11 is 1.21. The second kappa shape index (κ2) is 9.05. The molecule has 8 nitrogen and oxygen atoms in total. The average Bonchev–Trinajstić information content (AvgIpc) is 3.36. The van der Waals surface area contributed by atoms with E-state index < -0.39 is 12.0 Å². The van der Waals surface area contributed by atoms with Crippen LogP contribution in [0.2, 0.25) is 0 Å². The van der Waals surface area contributed by atoms with Crippen LogP contribution in [0.3, 0.4) is 0 Å². The summed E-state index contributed by atoms with van der Waals surface area (Å²) in [7, 11) is 1.83. The Labute approximate surface area is 182 Å². The van der Waals surface area contributed by atoms with E-state index in [1.165, 1.54) is 11.8 Å². The van der Waals surface area contributed by atoms with Gasteiger partial charge in [-0.3, -0.25) is 4.79 Å². The number of hydrogen-bond donors (Lipinski definition) is 3. The SMILES string of the molecule is Cn1c(SCC(=O)N[C@H](Cc2c[nH]c3ccccc23)C(=O)O)nnc1-c1ccccc1. The van der Waals surface area contributed by atoms with E-state index in [1.54, 1.807) is 6.20 Å². The van der Waals surface area contributed by atoms with Gasteiger partial charge in [0.15, 0.2) is 11.0 Å². The van der Waals surface area contributed by atoms with E-state index in [1.807, 2.05) is 66.2 Å². The Kier molecular flexibility index (Phi) is 6.03. The van der Waals surface area contributed by atoms with Crippen molar-refractivity contribution in [2.24, 2.45) is 7.05 Å². The Morgan fingerprint density at radius 3 is 2.65 bits per heavy atom. The first-order valence-corrected chi connectivity index (χ1v) is 10.7. The van der Waals surface area contributed by atoms with E-state index in [2.05, 4.69) is 20.5 Å². The third-order valence-electron chi connectivity index (χ3n) is 4.93. The number of nitrogens with one attached hydrogen (secondary N) is 2. The molecule has 9 heteroatoms. The predicted molar refractivity (Wildman–Crippen MR) is 119 cm³/mol. The Balaban J connectivity index is 1.39. The molecule has 0 unspecified atom stereocenters. The lowest BCUT2D eigenvalue weighted by atomic mass is 10.1. The molecule has 4 rings (SSSR count). The Morgan fingerprint density at radius 1 is 1.13 bits per heavy atom. The quantitative estimate of drug-likeness (QED) is 0.367. The average molecular weight is 436 g/mol. The molecule has 1 atom stereocenters. The summed E-state index contributed by atoms with van der Waals surface area (Å²) < 4.78 is 1.81. The normalized spacial score (nSPS) is 12.0. The molecule has 0 saturated carbocycles. The van der Waals surface area contributed by atoms with Crippen molar-refractivity contribution in [1.82, 2.24) is 25.1 Å². The lowest BCUT2D eigenvalue weighted by Crippen LogP contribution is -2.43. The van der Waals surface area contributed by atoms with Crippen LogP contribution in [0, 0.1) is 0 Å². The monoisotopic (exact) mass is 435 g/mol. The number of amides is 1. The smallest absolute Gasteiger partial charge is 0.326 e. The first-order valence-electron chi connectivity index (χ1n) is 9.67. The molecule has 0 radical (unpaired) electrons. The van der Waals surface area contributed by atoms with Gasteiger partial charge < -0.3 is 20.0 Å². The van der Waals surface area contributed by atoms with Crippen LogP contribution in [0.15, 0.2) is 66.0 Å². The molecule has 158 valence electrons. The van der Waals surface area contributed by atoms with Crippen molar-refractivity contribution in [3.8, 4) is 11.4 Å². The molecular weight excluding hydrogens is 414 g/mol. The van der Waals surface area contributed by atoms with Crippen LogP contribution in [0.1, 0.15) is 5.56 Å². The molecule has 0 aliphatic carbocycles. The third kappa shape index (κ3) is 4.61. The molecule has 1 amide bonds. The number of aliphatic carboxylic acids is 1. The van der Waals surface area contributed by atoms with Gasteiger partial charge in [0.25, 0.3) is 0 Å². The van der Waals surface area contributed by atoms with E-state index >= 15 is 0 Å². The minimum atomic E-state index is -1.08. The minimum Gasteiger partial charge on any atom is -0.480 e. The number of carboxylic acids is 1. The summed E-state index contributed by atoms with van der Waals surface area (Å²) in [5.41, 5.74) is 2.70. The van der Waals surface area contributed by atoms with Crippen LogP contribution in [-0.2, 0) is 23.1 Å². The summed E-state index contributed by atoms with van der Waals surface area (Å²) in [6.07, 6.45) is 1.98. The molecule has 2 aromatic heterocycles. The van der Waals surface area contributed by atoms with Gasteiger partial charge in [0.1, 0.15) is 6.04 Å². The van der Waals surface area contributed by atoms with Crippen molar-refractivity contribution in [2.75, 3.05) is 5.75 Å². The lowest BCUT2D eigenvalue weighted by molar-refractivity contribution is -0.141. The lowest BCUT2D eigenvalue weighted by Gasteiger charge is -2.14. The molecule has 4 aromatic rings. The van der Waals surface area contributed by atoms with Gasteiger partial charge in [-0.1, -0.05) is 60.3 Å². The highest BCUT2D eigenvalue weighted by atomic mass is 32.2. The van der Waals surface area contributed by atoms with Gasteiger partial charge in [0, 0.05) is 36.1 Å².